The zero-order valence-electron chi connectivity index (χ0n) is 8.93. The summed E-state index contributed by atoms with van der Waals surface area (Å²) in [6.45, 7) is 0.392. The van der Waals surface area contributed by atoms with E-state index in [-0.39, 0.29) is 0 Å². The van der Waals surface area contributed by atoms with Crippen LogP contribution in [0.15, 0.2) is 5.03 Å². The number of aryl methyl sites for hydroxylation is 1. The topological polar surface area (TPSA) is 52.3 Å². The summed E-state index contributed by atoms with van der Waals surface area (Å²) in [5.41, 5.74) is 2.25. The minimum Gasteiger partial charge on any atom is -0.377 e. The SMILES string of the molecule is COCc1nc2nc3c(c([S])n2n1)CCC3. The number of aromatic nitrogens is 4. The van der Waals surface area contributed by atoms with Gasteiger partial charge in [0, 0.05) is 12.7 Å². The first kappa shape index (κ1) is 9.92. The zero-order valence-corrected chi connectivity index (χ0v) is 9.75. The molecule has 0 saturated heterocycles. The minimum absolute atomic E-state index is 0.392. The summed E-state index contributed by atoms with van der Waals surface area (Å²) in [4.78, 5) is 8.78. The van der Waals surface area contributed by atoms with Gasteiger partial charge in [-0.15, -0.1) is 5.10 Å². The van der Waals surface area contributed by atoms with Gasteiger partial charge in [0.15, 0.2) is 5.82 Å². The molecule has 2 aromatic heterocycles. The van der Waals surface area contributed by atoms with E-state index in [0.717, 1.165) is 35.5 Å². The third kappa shape index (κ3) is 1.37. The van der Waals surface area contributed by atoms with Crippen molar-refractivity contribution < 1.29 is 4.74 Å². The Bertz CT molecular complexity index is 551. The Morgan fingerprint density at radius 2 is 2.25 bits per heavy atom. The van der Waals surface area contributed by atoms with Gasteiger partial charge < -0.3 is 4.74 Å². The molecule has 83 valence electrons. The average molecular weight is 235 g/mol. The molecule has 0 amide bonds. The van der Waals surface area contributed by atoms with Crippen LogP contribution in [0.2, 0.25) is 0 Å². The van der Waals surface area contributed by atoms with Crippen molar-refractivity contribution >= 4 is 18.4 Å². The Hall–Kier alpha value is -1.27. The summed E-state index contributed by atoms with van der Waals surface area (Å²) in [5.74, 6) is 1.22. The molecule has 1 radical (unpaired) electrons. The molecule has 16 heavy (non-hydrogen) atoms. The maximum Gasteiger partial charge on any atom is 0.254 e. The number of fused-ring (bicyclic) bond motifs is 2. The monoisotopic (exact) mass is 235 g/mol. The van der Waals surface area contributed by atoms with Gasteiger partial charge in [-0.25, -0.2) is 4.98 Å². The first-order chi connectivity index (χ1) is 7.79. The summed E-state index contributed by atoms with van der Waals surface area (Å²) in [5, 5.41) is 5.05. The van der Waals surface area contributed by atoms with Crippen LogP contribution in [0.5, 0.6) is 0 Å². The van der Waals surface area contributed by atoms with Crippen molar-refractivity contribution in [1.29, 1.82) is 0 Å². The second-order valence-corrected chi connectivity index (χ2v) is 4.26. The molecular formula is C10H11N4OS. The van der Waals surface area contributed by atoms with Crippen LogP contribution >= 0.6 is 12.6 Å². The largest absolute Gasteiger partial charge is 0.377 e. The van der Waals surface area contributed by atoms with Crippen molar-refractivity contribution in [3.05, 3.63) is 17.1 Å². The molecule has 0 spiro atoms. The molecule has 0 aromatic carbocycles. The van der Waals surface area contributed by atoms with Crippen molar-refractivity contribution in [3.63, 3.8) is 0 Å². The predicted octanol–water partition coefficient (Wildman–Crippen LogP) is 1.32. The van der Waals surface area contributed by atoms with E-state index in [9.17, 15) is 0 Å². The third-order valence-electron chi connectivity index (χ3n) is 2.78. The van der Waals surface area contributed by atoms with Crippen molar-refractivity contribution in [2.45, 2.75) is 30.9 Å². The molecule has 2 aromatic rings. The van der Waals surface area contributed by atoms with Gasteiger partial charge in [-0.05, 0) is 19.3 Å². The summed E-state index contributed by atoms with van der Waals surface area (Å²) in [6.07, 6.45) is 3.14. The highest BCUT2D eigenvalue weighted by molar-refractivity contribution is 7.80. The van der Waals surface area contributed by atoms with Gasteiger partial charge in [-0.3, -0.25) is 0 Å². The third-order valence-corrected chi connectivity index (χ3v) is 3.20. The fraction of sp³-hybridized carbons (Fsp3) is 0.500. The molecule has 0 saturated carbocycles. The van der Waals surface area contributed by atoms with Crippen molar-refractivity contribution in [1.82, 2.24) is 19.6 Å². The summed E-state index contributed by atoms with van der Waals surface area (Å²) >= 11 is 5.40. The van der Waals surface area contributed by atoms with Crippen molar-refractivity contribution in [2.24, 2.45) is 0 Å². The zero-order chi connectivity index (χ0) is 11.1. The Labute approximate surface area is 98.3 Å². The lowest BCUT2D eigenvalue weighted by molar-refractivity contribution is 0.178. The quantitative estimate of drug-likeness (QED) is 0.737. The molecule has 1 aliphatic carbocycles. The van der Waals surface area contributed by atoms with Gasteiger partial charge in [0.2, 0.25) is 0 Å². The van der Waals surface area contributed by atoms with Gasteiger partial charge in [-0.2, -0.15) is 9.50 Å². The molecular weight excluding hydrogens is 224 g/mol. The number of nitrogens with zero attached hydrogens (tertiary/aromatic N) is 4. The fourth-order valence-electron chi connectivity index (χ4n) is 2.07. The van der Waals surface area contributed by atoms with E-state index in [1.807, 2.05) is 0 Å². The highest BCUT2D eigenvalue weighted by Crippen LogP contribution is 2.26. The summed E-state index contributed by atoms with van der Waals surface area (Å²) < 4.78 is 6.64. The predicted molar refractivity (Wildman–Crippen MR) is 59.4 cm³/mol. The van der Waals surface area contributed by atoms with Gasteiger partial charge in [0.1, 0.15) is 11.6 Å². The van der Waals surface area contributed by atoms with E-state index in [0.29, 0.717) is 18.2 Å². The molecule has 1 aliphatic rings. The number of ether oxygens (including phenoxy) is 1. The first-order valence-electron chi connectivity index (χ1n) is 5.23. The summed E-state index contributed by atoms with van der Waals surface area (Å²) in [7, 11) is 1.62. The molecule has 0 aliphatic heterocycles. The first-order valence-corrected chi connectivity index (χ1v) is 5.64. The Morgan fingerprint density at radius 3 is 3.06 bits per heavy atom. The standard InChI is InChI=1S/C10H11N4OS/c1-15-5-8-12-10-11-7-4-2-3-6(7)9(16)14(10)13-8/h2-5H2,1H3. The second kappa shape index (κ2) is 3.64. The van der Waals surface area contributed by atoms with E-state index >= 15 is 0 Å². The lowest BCUT2D eigenvalue weighted by Crippen LogP contribution is -2.00. The van der Waals surface area contributed by atoms with Crippen LogP contribution in [0.1, 0.15) is 23.5 Å². The van der Waals surface area contributed by atoms with Crippen LogP contribution in [-0.4, -0.2) is 26.7 Å². The number of hydrogen-bond acceptors (Lipinski definition) is 4. The average Bonchev–Trinajstić information content (AvgIpc) is 2.85. The molecule has 0 fully saturated rings. The maximum atomic E-state index is 5.40. The lowest BCUT2D eigenvalue weighted by Gasteiger charge is -2.02. The highest BCUT2D eigenvalue weighted by Gasteiger charge is 2.20. The highest BCUT2D eigenvalue weighted by atomic mass is 32.1. The molecule has 3 rings (SSSR count). The van der Waals surface area contributed by atoms with Gasteiger partial charge in [0.25, 0.3) is 5.78 Å². The number of hydrogen-bond donors (Lipinski definition) is 0. The normalized spacial score (nSPS) is 14.6. The minimum atomic E-state index is 0.392. The Morgan fingerprint density at radius 1 is 1.38 bits per heavy atom. The molecule has 2 heterocycles. The van der Waals surface area contributed by atoms with Crippen LogP contribution < -0.4 is 0 Å². The smallest absolute Gasteiger partial charge is 0.254 e. The van der Waals surface area contributed by atoms with Crippen molar-refractivity contribution in [3.8, 4) is 0 Å². The number of methoxy groups -OCH3 is 1. The van der Waals surface area contributed by atoms with Crippen LogP contribution in [0, 0.1) is 0 Å². The molecule has 6 heteroatoms. The van der Waals surface area contributed by atoms with E-state index in [1.165, 1.54) is 0 Å². The maximum absolute atomic E-state index is 5.40. The van der Waals surface area contributed by atoms with E-state index in [2.05, 4.69) is 15.1 Å². The van der Waals surface area contributed by atoms with Crippen LogP contribution in [0.25, 0.3) is 5.78 Å². The van der Waals surface area contributed by atoms with E-state index < -0.39 is 0 Å². The van der Waals surface area contributed by atoms with Gasteiger partial charge in [-0.1, -0.05) is 12.6 Å². The Balaban J connectivity index is 2.20. The molecule has 0 bridgehead atoms. The molecule has 0 unspecified atom stereocenters. The van der Waals surface area contributed by atoms with E-state index in [1.54, 1.807) is 11.6 Å². The van der Waals surface area contributed by atoms with Gasteiger partial charge >= 0.3 is 0 Å². The Kier molecular flexibility index (Phi) is 2.26. The molecule has 0 atom stereocenters. The fourth-order valence-corrected chi connectivity index (χ4v) is 2.42. The number of rotatable bonds is 2. The lowest BCUT2D eigenvalue weighted by atomic mass is 10.3. The van der Waals surface area contributed by atoms with Crippen LogP contribution in [0.3, 0.4) is 0 Å². The van der Waals surface area contributed by atoms with E-state index in [4.69, 9.17) is 17.4 Å². The van der Waals surface area contributed by atoms with Crippen molar-refractivity contribution in [2.75, 3.05) is 7.11 Å². The van der Waals surface area contributed by atoms with Crippen LogP contribution in [0.4, 0.5) is 0 Å². The summed E-state index contributed by atoms with van der Waals surface area (Å²) in [6, 6.07) is 0. The second-order valence-electron chi connectivity index (χ2n) is 3.87. The molecule has 5 nitrogen and oxygen atoms in total. The molecule has 0 N–H and O–H groups in total. The van der Waals surface area contributed by atoms with Gasteiger partial charge in [0.05, 0.1) is 5.69 Å². The van der Waals surface area contributed by atoms with Crippen LogP contribution in [-0.2, 0) is 24.2 Å².